The van der Waals surface area contributed by atoms with Crippen LogP contribution < -0.4 is 0 Å². The van der Waals surface area contributed by atoms with Crippen molar-refractivity contribution in [3.63, 3.8) is 0 Å². The van der Waals surface area contributed by atoms with Crippen molar-refractivity contribution in [1.29, 1.82) is 0 Å². The third-order valence-corrected chi connectivity index (χ3v) is 2.92. The third kappa shape index (κ3) is 1.74. The summed E-state index contributed by atoms with van der Waals surface area (Å²) in [5.74, 6) is -0.995. The first-order valence-corrected chi connectivity index (χ1v) is 5.62. The summed E-state index contributed by atoms with van der Waals surface area (Å²) in [6, 6.07) is 3.63. The van der Waals surface area contributed by atoms with E-state index in [2.05, 4.69) is 15.0 Å². The number of hydrogen-bond acceptors (Lipinski definition) is 4. The fourth-order valence-corrected chi connectivity index (χ4v) is 2.09. The van der Waals surface area contributed by atoms with Gasteiger partial charge in [0, 0.05) is 31.2 Å². The second-order valence-electron chi connectivity index (χ2n) is 4.12. The molecule has 6 heteroatoms. The van der Waals surface area contributed by atoms with Crippen molar-refractivity contribution in [1.82, 2.24) is 19.5 Å². The lowest BCUT2D eigenvalue weighted by atomic mass is 10.1. The van der Waals surface area contributed by atoms with Crippen molar-refractivity contribution < 1.29 is 9.90 Å². The molecular weight excluding hydrogens is 244 g/mol. The van der Waals surface area contributed by atoms with E-state index in [1.807, 2.05) is 6.07 Å². The van der Waals surface area contributed by atoms with Gasteiger partial charge in [-0.3, -0.25) is 4.98 Å². The number of rotatable bonds is 2. The van der Waals surface area contributed by atoms with Crippen molar-refractivity contribution in [2.45, 2.75) is 0 Å². The van der Waals surface area contributed by atoms with Gasteiger partial charge >= 0.3 is 5.97 Å². The number of aryl methyl sites for hydroxylation is 1. The van der Waals surface area contributed by atoms with E-state index >= 15 is 0 Å². The Morgan fingerprint density at radius 1 is 1.37 bits per heavy atom. The van der Waals surface area contributed by atoms with Crippen LogP contribution in [0.4, 0.5) is 0 Å². The average molecular weight is 254 g/mol. The second kappa shape index (κ2) is 4.16. The molecule has 0 aliphatic rings. The molecule has 1 N–H and O–H groups in total. The highest BCUT2D eigenvalue weighted by Crippen LogP contribution is 2.28. The maximum absolute atomic E-state index is 11.3. The van der Waals surface area contributed by atoms with Gasteiger partial charge in [0.15, 0.2) is 0 Å². The average Bonchev–Trinajstić information content (AvgIpc) is 2.78. The van der Waals surface area contributed by atoms with Crippen LogP contribution in [-0.2, 0) is 7.05 Å². The Balaban J connectivity index is 2.40. The van der Waals surface area contributed by atoms with Crippen LogP contribution in [0, 0.1) is 0 Å². The largest absolute Gasteiger partial charge is 0.478 e. The van der Waals surface area contributed by atoms with Gasteiger partial charge in [0.25, 0.3) is 0 Å². The number of aromatic nitrogens is 4. The van der Waals surface area contributed by atoms with Gasteiger partial charge < -0.3 is 9.67 Å². The maximum atomic E-state index is 11.3. The molecule has 0 bridgehead atoms. The van der Waals surface area contributed by atoms with Gasteiger partial charge in [-0.1, -0.05) is 0 Å². The molecule has 0 fully saturated rings. The van der Waals surface area contributed by atoms with Gasteiger partial charge in [-0.2, -0.15) is 0 Å². The molecule has 0 unspecified atom stereocenters. The number of pyridine rings is 1. The molecule has 0 spiro atoms. The Hall–Kier alpha value is -2.76. The third-order valence-electron chi connectivity index (χ3n) is 2.92. The van der Waals surface area contributed by atoms with Crippen molar-refractivity contribution in [3.8, 4) is 11.3 Å². The van der Waals surface area contributed by atoms with E-state index in [1.54, 1.807) is 36.3 Å². The number of fused-ring (bicyclic) bond motifs is 1. The monoisotopic (exact) mass is 254 g/mol. The predicted molar refractivity (Wildman–Crippen MR) is 68.7 cm³/mol. The molecule has 3 rings (SSSR count). The first-order chi connectivity index (χ1) is 9.18. The van der Waals surface area contributed by atoms with Crippen LogP contribution in [0.15, 0.2) is 37.1 Å². The van der Waals surface area contributed by atoms with Crippen molar-refractivity contribution >= 4 is 17.0 Å². The van der Waals surface area contributed by atoms with Gasteiger partial charge in [0.1, 0.15) is 12.0 Å². The molecule has 3 aromatic rings. The molecule has 0 radical (unpaired) electrons. The van der Waals surface area contributed by atoms with Gasteiger partial charge in [-0.25, -0.2) is 14.8 Å². The number of carbonyl (C=O) groups is 1. The van der Waals surface area contributed by atoms with Gasteiger partial charge in [0.05, 0.1) is 16.6 Å². The summed E-state index contributed by atoms with van der Waals surface area (Å²) < 4.78 is 1.68. The van der Waals surface area contributed by atoms with Crippen molar-refractivity contribution in [3.05, 3.63) is 42.6 Å². The molecule has 0 saturated carbocycles. The number of carboxylic acids is 1. The molecule has 6 nitrogen and oxygen atoms in total. The molecule has 0 aliphatic carbocycles. The molecule has 3 aromatic heterocycles. The summed E-state index contributed by atoms with van der Waals surface area (Å²) in [5.41, 5.74) is 2.13. The Morgan fingerprint density at radius 2 is 2.21 bits per heavy atom. The number of aromatic carboxylic acids is 1. The zero-order valence-corrected chi connectivity index (χ0v) is 10.1. The SMILES string of the molecule is Cn1cc(C(=O)O)c2c(-c3cccnc3)ncnc21. The summed E-state index contributed by atoms with van der Waals surface area (Å²) >= 11 is 0. The fraction of sp³-hybridized carbons (Fsp3) is 0.0769. The lowest BCUT2D eigenvalue weighted by molar-refractivity contribution is 0.0699. The summed E-state index contributed by atoms with van der Waals surface area (Å²) in [5, 5.41) is 9.82. The van der Waals surface area contributed by atoms with E-state index < -0.39 is 5.97 Å². The number of carboxylic acid groups (broad SMARTS) is 1. The van der Waals surface area contributed by atoms with Crippen LogP contribution in [0.2, 0.25) is 0 Å². The molecule has 3 heterocycles. The molecule has 0 atom stereocenters. The molecular formula is C13H10N4O2. The molecule has 0 saturated heterocycles. The quantitative estimate of drug-likeness (QED) is 0.753. The van der Waals surface area contributed by atoms with E-state index in [-0.39, 0.29) is 5.56 Å². The van der Waals surface area contributed by atoms with E-state index in [0.717, 1.165) is 5.56 Å². The maximum Gasteiger partial charge on any atom is 0.338 e. The van der Waals surface area contributed by atoms with Crippen LogP contribution in [0.5, 0.6) is 0 Å². The van der Waals surface area contributed by atoms with Crippen LogP contribution in [0.25, 0.3) is 22.3 Å². The summed E-state index contributed by atoms with van der Waals surface area (Å²) in [6.07, 6.45) is 6.28. The highest BCUT2D eigenvalue weighted by atomic mass is 16.4. The highest BCUT2D eigenvalue weighted by molar-refractivity contribution is 6.07. The fourth-order valence-electron chi connectivity index (χ4n) is 2.09. The van der Waals surface area contributed by atoms with E-state index in [4.69, 9.17) is 0 Å². The standard InChI is InChI=1S/C13H10N4O2/c1-17-6-9(13(18)19)10-11(15-7-16-12(10)17)8-3-2-4-14-5-8/h2-7H,1H3,(H,18,19). The summed E-state index contributed by atoms with van der Waals surface area (Å²) in [6.45, 7) is 0. The summed E-state index contributed by atoms with van der Waals surface area (Å²) in [4.78, 5) is 23.7. The van der Waals surface area contributed by atoms with Crippen LogP contribution in [0.3, 0.4) is 0 Å². The number of nitrogens with zero attached hydrogens (tertiary/aromatic N) is 4. The first kappa shape index (κ1) is 11.3. The lowest BCUT2D eigenvalue weighted by Crippen LogP contribution is -1.96. The predicted octanol–water partition coefficient (Wildman–Crippen LogP) is 1.73. The minimum absolute atomic E-state index is 0.192. The van der Waals surface area contributed by atoms with Crippen LogP contribution in [0.1, 0.15) is 10.4 Å². The number of hydrogen-bond donors (Lipinski definition) is 1. The first-order valence-electron chi connectivity index (χ1n) is 5.62. The Bertz CT molecular complexity index is 765. The molecule has 19 heavy (non-hydrogen) atoms. The van der Waals surface area contributed by atoms with Crippen LogP contribution >= 0.6 is 0 Å². The van der Waals surface area contributed by atoms with E-state index in [1.165, 1.54) is 6.33 Å². The van der Waals surface area contributed by atoms with Gasteiger partial charge in [-0.05, 0) is 12.1 Å². The van der Waals surface area contributed by atoms with Gasteiger partial charge in [0.2, 0.25) is 0 Å². The molecule has 0 aromatic carbocycles. The second-order valence-corrected chi connectivity index (χ2v) is 4.12. The zero-order valence-electron chi connectivity index (χ0n) is 10.1. The van der Waals surface area contributed by atoms with Crippen molar-refractivity contribution in [2.75, 3.05) is 0 Å². The lowest BCUT2D eigenvalue weighted by Gasteiger charge is -2.03. The Morgan fingerprint density at radius 3 is 2.89 bits per heavy atom. The smallest absolute Gasteiger partial charge is 0.338 e. The minimum Gasteiger partial charge on any atom is -0.478 e. The van der Waals surface area contributed by atoms with E-state index in [9.17, 15) is 9.90 Å². The highest BCUT2D eigenvalue weighted by Gasteiger charge is 2.18. The van der Waals surface area contributed by atoms with Gasteiger partial charge in [-0.15, -0.1) is 0 Å². The minimum atomic E-state index is -0.995. The van der Waals surface area contributed by atoms with Crippen molar-refractivity contribution in [2.24, 2.45) is 7.05 Å². The Labute approximate surface area is 108 Å². The summed E-state index contributed by atoms with van der Waals surface area (Å²) in [7, 11) is 1.76. The molecule has 94 valence electrons. The Kier molecular flexibility index (Phi) is 2.49. The molecule has 0 amide bonds. The van der Waals surface area contributed by atoms with Crippen LogP contribution in [-0.4, -0.2) is 30.6 Å². The normalized spacial score (nSPS) is 10.8. The zero-order chi connectivity index (χ0) is 13.4. The molecule has 0 aliphatic heterocycles. The van der Waals surface area contributed by atoms with E-state index in [0.29, 0.717) is 16.7 Å². The topological polar surface area (TPSA) is 80.9 Å².